The van der Waals surface area contributed by atoms with E-state index in [1.807, 2.05) is 6.07 Å². The molecule has 1 aliphatic heterocycles. The number of aryl methyl sites for hydroxylation is 3. The van der Waals surface area contributed by atoms with E-state index in [0.29, 0.717) is 5.75 Å². The molecular weight excluding hydrogens is 296 g/mol. The number of hydrogen-bond acceptors (Lipinski definition) is 3. The molecule has 0 amide bonds. The molecule has 126 valence electrons. The normalized spacial score (nSPS) is 18.0. The average Bonchev–Trinajstić information content (AvgIpc) is 3.03. The van der Waals surface area contributed by atoms with Gasteiger partial charge in [-0.05, 0) is 61.1 Å². The minimum atomic E-state index is 0.483. The molecule has 1 heterocycles. The molecule has 0 radical (unpaired) electrons. The molecule has 1 saturated heterocycles. The summed E-state index contributed by atoms with van der Waals surface area (Å²) in [6, 6.07) is 13.0. The average molecular weight is 322 g/mol. The lowest BCUT2D eigenvalue weighted by molar-refractivity contribution is 0.246. The Labute approximate surface area is 144 Å². The summed E-state index contributed by atoms with van der Waals surface area (Å²) in [6.45, 7) is 7.20. The van der Waals surface area contributed by atoms with Gasteiger partial charge in [0, 0.05) is 44.0 Å². The van der Waals surface area contributed by atoms with Crippen LogP contribution in [0.25, 0.3) is 0 Å². The molecule has 4 rings (SSSR count). The van der Waals surface area contributed by atoms with E-state index in [1.54, 1.807) is 0 Å². The summed E-state index contributed by atoms with van der Waals surface area (Å²) < 4.78 is 0. The van der Waals surface area contributed by atoms with E-state index in [9.17, 15) is 5.11 Å². The lowest BCUT2D eigenvalue weighted by Gasteiger charge is -2.36. The molecule has 0 bridgehead atoms. The van der Waals surface area contributed by atoms with Crippen LogP contribution in [0.5, 0.6) is 5.75 Å². The number of fused-ring (bicyclic) bond motifs is 1. The summed E-state index contributed by atoms with van der Waals surface area (Å²) in [5.74, 6) is 0.483. The number of anilines is 1. The maximum atomic E-state index is 10.3. The van der Waals surface area contributed by atoms with Crippen molar-refractivity contribution in [3.63, 3.8) is 0 Å². The highest BCUT2D eigenvalue weighted by atomic mass is 16.3. The minimum absolute atomic E-state index is 0.483. The second kappa shape index (κ2) is 6.48. The summed E-state index contributed by atoms with van der Waals surface area (Å²) in [4.78, 5) is 4.93. The molecule has 2 aromatic rings. The maximum Gasteiger partial charge on any atom is 0.120 e. The van der Waals surface area contributed by atoms with Gasteiger partial charge in [-0.2, -0.15) is 0 Å². The molecule has 0 atom stereocenters. The molecule has 3 nitrogen and oxygen atoms in total. The van der Waals surface area contributed by atoms with Crippen molar-refractivity contribution in [2.24, 2.45) is 0 Å². The zero-order valence-electron chi connectivity index (χ0n) is 14.5. The molecule has 24 heavy (non-hydrogen) atoms. The summed E-state index contributed by atoms with van der Waals surface area (Å²) >= 11 is 0. The van der Waals surface area contributed by atoms with Crippen molar-refractivity contribution in [1.82, 2.24) is 4.90 Å². The van der Waals surface area contributed by atoms with Gasteiger partial charge in [0.15, 0.2) is 0 Å². The fourth-order valence-corrected chi connectivity index (χ4v) is 4.02. The quantitative estimate of drug-likeness (QED) is 0.937. The number of phenolic OH excluding ortho intramolecular Hbond substituents is 1. The third-order valence-corrected chi connectivity index (χ3v) is 5.43. The van der Waals surface area contributed by atoms with Gasteiger partial charge in [0.1, 0.15) is 5.75 Å². The Morgan fingerprint density at radius 1 is 0.958 bits per heavy atom. The molecule has 1 N–H and O–H groups in total. The van der Waals surface area contributed by atoms with Crippen LogP contribution in [0.15, 0.2) is 36.4 Å². The summed E-state index contributed by atoms with van der Waals surface area (Å²) in [5, 5.41) is 10.3. The summed E-state index contributed by atoms with van der Waals surface area (Å²) in [6.07, 6.45) is 3.52. The van der Waals surface area contributed by atoms with Gasteiger partial charge in [-0.1, -0.05) is 18.2 Å². The summed E-state index contributed by atoms with van der Waals surface area (Å²) in [7, 11) is 0. The Hall–Kier alpha value is -2.00. The van der Waals surface area contributed by atoms with Gasteiger partial charge in [-0.25, -0.2) is 0 Å². The first-order chi connectivity index (χ1) is 11.7. The van der Waals surface area contributed by atoms with Gasteiger partial charge >= 0.3 is 0 Å². The monoisotopic (exact) mass is 322 g/mol. The van der Waals surface area contributed by atoms with Gasteiger partial charge in [0.25, 0.3) is 0 Å². The molecule has 1 fully saturated rings. The van der Waals surface area contributed by atoms with Crippen LogP contribution in [0, 0.1) is 6.92 Å². The molecule has 1 aliphatic carbocycles. The molecule has 2 aliphatic rings. The van der Waals surface area contributed by atoms with Gasteiger partial charge in [-0.3, -0.25) is 4.90 Å². The molecule has 0 saturated carbocycles. The van der Waals surface area contributed by atoms with E-state index in [-0.39, 0.29) is 0 Å². The number of piperazine rings is 1. The lowest BCUT2D eigenvalue weighted by Crippen LogP contribution is -2.46. The van der Waals surface area contributed by atoms with Crippen LogP contribution in [0.4, 0.5) is 5.69 Å². The number of phenols is 1. The maximum absolute atomic E-state index is 10.3. The van der Waals surface area contributed by atoms with Crippen LogP contribution in [0.2, 0.25) is 0 Å². The highest BCUT2D eigenvalue weighted by molar-refractivity contribution is 5.49. The van der Waals surface area contributed by atoms with Crippen LogP contribution in [0.1, 0.15) is 28.7 Å². The SMILES string of the molecule is Cc1cccc(N2CCN(Cc3cc4c(cc3O)CCC4)CC2)c1. The standard InChI is InChI=1S/C21H26N2O/c1-16-4-2-7-20(12-16)23-10-8-22(9-11-23)15-19-13-17-5-3-6-18(17)14-21(19)24/h2,4,7,12-14,24H,3,5-6,8-11,15H2,1H3. The first kappa shape index (κ1) is 15.5. The topological polar surface area (TPSA) is 26.7 Å². The third-order valence-electron chi connectivity index (χ3n) is 5.43. The summed E-state index contributed by atoms with van der Waals surface area (Å²) in [5.41, 5.74) is 6.54. The molecule has 2 aromatic carbocycles. The van der Waals surface area contributed by atoms with E-state index in [0.717, 1.165) is 44.7 Å². The highest BCUT2D eigenvalue weighted by Gasteiger charge is 2.20. The van der Waals surface area contributed by atoms with Crippen LogP contribution in [0.3, 0.4) is 0 Å². The fourth-order valence-electron chi connectivity index (χ4n) is 4.02. The van der Waals surface area contributed by atoms with Crippen molar-refractivity contribution in [2.75, 3.05) is 31.1 Å². The van der Waals surface area contributed by atoms with Gasteiger partial charge in [0.2, 0.25) is 0 Å². The Morgan fingerprint density at radius 3 is 2.46 bits per heavy atom. The second-order valence-corrected chi connectivity index (χ2v) is 7.21. The number of hydrogen-bond donors (Lipinski definition) is 1. The van der Waals surface area contributed by atoms with Crippen molar-refractivity contribution in [1.29, 1.82) is 0 Å². The molecule has 0 unspecified atom stereocenters. The number of benzene rings is 2. The lowest BCUT2D eigenvalue weighted by atomic mass is 10.0. The molecule has 0 spiro atoms. The Bertz CT molecular complexity index is 733. The molecule has 0 aromatic heterocycles. The van der Waals surface area contributed by atoms with E-state index in [1.165, 1.54) is 35.2 Å². The van der Waals surface area contributed by atoms with Crippen molar-refractivity contribution in [3.05, 3.63) is 58.7 Å². The van der Waals surface area contributed by atoms with Crippen molar-refractivity contribution >= 4 is 5.69 Å². The fraction of sp³-hybridized carbons (Fsp3) is 0.429. The van der Waals surface area contributed by atoms with E-state index in [4.69, 9.17) is 0 Å². The Morgan fingerprint density at radius 2 is 1.71 bits per heavy atom. The third kappa shape index (κ3) is 3.13. The van der Waals surface area contributed by atoms with E-state index < -0.39 is 0 Å². The number of rotatable bonds is 3. The van der Waals surface area contributed by atoms with E-state index in [2.05, 4.69) is 47.1 Å². The largest absolute Gasteiger partial charge is 0.508 e. The number of nitrogens with zero attached hydrogens (tertiary/aromatic N) is 2. The predicted molar refractivity (Wildman–Crippen MR) is 98.8 cm³/mol. The van der Waals surface area contributed by atoms with Crippen molar-refractivity contribution in [2.45, 2.75) is 32.7 Å². The van der Waals surface area contributed by atoms with Gasteiger partial charge in [-0.15, -0.1) is 0 Å². The van der Waals surface area contributed by atoms with Gasteiger partial charge in [0.05, 0.1) is 0 Å². The first-order valence-corrected chi connectivity index (χ1v) is 9.07. The highest BCUT2D eigenvalue weighted by Crippen LogP contribution is 2.30. The second-order valence-electron chi connectivity index (χ2n) is 7.21. The first-order valence-electron chi connectivity index (χ1n) is 9.07. The van der Waals surface area contributed by atoms with Crippen LogP contribution >= 0.6 is 0 Å². The van der Waals surface area contributed by atoms with Crippen LogP contribution < -0.4 is 4.90 Å². The van der Waals surface area contributed by atoms with Crippen molar-refractivity contribution in [3.8, 4) is 5.75 Å². The van der Waals surface area contributed by atoms with Crippen LogP contribution in [-0.4, -0.2) is 36.2 Å². The van der Waals surface area contributed by atoms with Crippen molar-refractivity contribution < 1.29 is 5.11 Å². The smallest absolute Gasteiger partial charge is 0.120 e. The zero-order chi connectivity index (χ0) is 16.5. The molecular formula is C21H26N2O. The molecule has 3 heteroatoms. The Kier molecular flexibility index (Phi) is 4.19. The van der Waals surface area contributed by atoms with Gasteiger partial charge < -0.3 is 10.0 Å². The Balaban J connectivity index is 1.40. The van der Waals surface area contributed by atoms with E-state index >= 15 is 0 Å². The zero-order valence-corrected chi connectivity index (χ0v) is 14.5. The minimum Gasteiger partial charge on any atom is -0.508 e. The van der Waals surface area contributed by atoms with Crippen LogP contribution in [-0.2, 0) is 19.4 Å². The number of aromatic hydroxyl groups is 1. The predicted octanol–water partition coefficient (Wildman–Crippen LogP) is 3.51.